The number of hydrogen-bond donors (Lipinski definition) is 0. The topological polar surface area (TPSA) is 100 Å². The van der Waals surface area contributed by atoms with Crippen molar-refractivity contribution in [3.05, 3.63) is 70.7 Å². The molecule has 1 fully saturated rings. The summed E-state index contributed by atoms with van der Waals surface area (Å²) >= 11 is 0.823. The number of rotatable bonds is 7. The highest BCUT2D eigenvalue weighted by Crippen LogP contribution is 2.39. The van der Waals surface area contributed by atoms with E-state index in [4.69, 9.17) is 18.9 Å². The second-order valence-corrected chi connectivity index (χ2v) is 10.7. The van der Waals surface area contributed by atoms with Crippen LogP contribution < -0.4 is 9.47 Å². The van der Waals surface area contributed by atoms with Gasteiger partial charge in [0.15, 0.2) is 5.69 Å². The van der Waals surface area contributed by atoms with Crippen LogP contribution in [0.5, 0.6) is 11.5 Å². The molecule has 0 saturated carbocycles. The van der Waals surface area contributed by atoms with E-state index in [1.807, 2.05) is 30.3 Å². The number of alkyl halides is 3. The minimum absolute atomic E-state index is 0.0470. The van der Waals surface area contributed by atoms with Crippen LogP contribution in [0, 0.1) is 6.92 Å². The van der Waals surface area contributed by atoms with Crippen molar-refractivity contribution in [1.82, 2.24) is 14.9 Å². The summed E-state index contributed by atoms with van der Waals surface area (Å²) in [7, 11) is 2.75. The lowest BCUT2D eigenvalue weighted by atomic mass is 9.99. The average Bonchev–Trinajstić information content (AvgIpc) is 3.52. The number of thiazole rings is 1. The van der Waals surface area contributed by atoms with Gasteiger partial charge in [-0.05, 0) is 24.6 Å². The highest BCUT2D eigenvalue weighted by Gasteiger charge is 2.39. The highest BCUT2D eigenvalue weighted by molar-refractivity contribution is 7.13. The number of pyridine rings is 1. The van der Waals surface area contributed by atoms with Crippen molar-refractivity contribution in [1.29, 1.82) is 0 Å². The lowest BCUT2D eigenvalue weighted by molar-refractivity contribution is -0.149. The zero-order valence-electron chi connectivity index (χ0n) is 23.5. The Morgan fingerprint density at radius 1 is 1.07 bits per heavy atom. The number of benzene rings is 2. The van der Waals surface area contributed by atoms with E-state index < -0.39 is 36.1 Å². The van der Waals surface area contributed by atoms with Gasteiger partial charge in [0.05, 0.1) is 19.7 Å². The molecule has 0 bridgehead atoms. The van der Waals surface area contributed by atoms with Gasteiger partial charge < -0.3 is 18.9 Å². The summed E-state index contributed by atoms with van der Waals surface area (Å²) in [6.45, 7) is 1.99. The number of hydrogen-bond acceptors (Lipinski definition) is 9. The SMILES string of the molecule is COC(=O)C1CC(Oc2cc(-c3nc(C(F)(F)F)cs3)nc3c(C)c(OC)ccc23)CCN1C(=O)OCc1ccccc1. The number of methoxy groups -OCH3 is 2. The summed E-state index contributed by atoms with van der Waals surface area (Å²) in [4.78, 5) is 35.4. The zero-order chi connectivity index (χ0) is 30.7. The summed E-state index contributed by atoms with van der Waals surface area (Å²) in [6, 6.07) is 13.3. The predicted molar refractivity (Wildman–Crippen MR) is 152 cm³/mol. The van der Waals surface area contributed by atoms with Crippen molar-refractivity contribution in [2.24, 2.45) is 0 Å². The molecule has 1 amide bonds. The van der Waals surface area contributed by atoms with Gasteiger partial charge in [0.25, 0.3) is 0 Å². The monoisotopic (exact) mass is 615 g/mol. The molecule has 226 valence electrons. The molecule has 0 N–H and O–H groups in total. The number of aromatic nitrogens is 2. The Hall–Kier alpha value is -4.39. The van der Waals surface area contributed by atoms with Gasteiger partial charge in [-0.25, -0.2) is 19.6 Å². The molecule has 3 heterocycles. The van der Waals surface area contributed by atoms with Gasteiger partial charge in [-0.2, -0.15) is 13.2 Å². The Labute approximate surface area is 249 Å². The molecule has 5 rings (SSSR count). The minimum Gasteiger partial charge on any atom is -0.496 e. The number of fused-ring (bicyclic) bond motifs is 1. The van der Waals surface area contributed by atoms with Crippen molar-refractivity contribution in [2.45, 2.75) is 44.7 Å². The molecule has 9 nitrogen and oxygen atoms in total. The van der Waals surface area contributed by atoms with Crippen LogP contribution >= 0.6 is 11.3 Å². The molecule has 1 saturated heterocycles. The molecule has 2 aromatic heterocycles. The van der Waals surface area contributed by atoms with Crippen molar-refractivity contribution >= 4 is 34.3 Å². The van der Waals surface area contributed by atoms with Crippen LogP contribution in [0.2, 0.25) is 0 Å². The van der Waals surface area contributed by atoms with Gasteiger partial charge in [0, 0.05) is 41.8 Å². The standard InChI is InChI=1S/C30H28F3N3O6S/c1-17-23(39-2)10-9-20-24(14-21(34-26(17)20)27-35-25(16-43-27)30(31,32)33)42-19-11-12-36(22(13-19)28(37)40-3)29(38)41-15-18-7-5-4-6-8-18/h4-10,14,16,19,22H,11-13,15H2,1-3H3. The fraction of sp³-hybridized carbons (Fsp3) is 0.333. The van der Waals surface area contributed by atoms with Crippen LogP contribution in [0.25, 0.3) is 21.6 Å². The van der Waals surface area contributed by atoms with Crippen molar-refractivity contribution in [3.8, 4) is 22.2 Å². The lowest BCUT2D eigenvalue weighted by Crippen LogP contribution is -2.52. The fourth-order valence-corrected chi connectivity index (χ4v) is 5.71. The quantitative estimate of drug-likeness (QED) is 0.220. The summed E-state index contributed by atoms with van der Waals surface area (Å²) in [5.74, 6) is 0.280. The molecular weight excluding hydrogens is 587 g/mol. The smallest absolute Gasteiger partial charge is 0.434 e. The third-order valence-electron chi connectivity index (χ3n) is 7.14. The molecule has 0 spiro atoms. The van der Waals surface area contributed by atoms with Crippen LogP contribution in [0.4, 0.5) is 18.0 Å². The summed E-state index contributed by atoms with van der Waals surface area (Å²) < 4.78 is 62.1. The maximum Gasteiger partial charge on any atom is 0.434 e. The number of aryl methyl sites for hydroxylation is 1. The normalized spacial score (nSPS) is 17.0. The number of esters is 1. The summed E-state index contributed by atoms with van der Waals surface area (Å²) in [5.41, 5.74) is 1.14. The van der Waals surface area contributed by atoms with Gasteiger partial charge in [-0.1, -0.05) is 30.3 Å². The summed E-state index contributed by atoms with van der Waals surface area (Å²) in [6.07, 6.45) is -5.32. The number of halogens is 3. The molecule has 4 aromatic rings. The fourth-order valence-electron chi connectivity index (χ4n) is 4.93. The Morgan fingerprint density at radius 3 is 2.51 bits per heavy atom. The first-order valence-electron chi connectivity index (χ1n) is 13.3. The first-order valence-corrected chi connectivity index (χ1v) is 14.2. The molecule has 43 heavy (non-hydrogen) atoms. The van der Waals surface area contributed by atoms with E-state index in [1.165, 1.54) is 19.1 Å². The molecule has 2 unspecified atom stereocenters. The number of carbonyl (C=O) groups is 2. The van der Waals surface area contributed by atoms with E-state index in [0.29, 0.717) is 34.4 Å². The number of piperidine rings is 1. The van der Waals surface area contributed by atoms with E-state index >= 15 is 0 Å². The Kier molecular flexibility index (Phi) is 8.71. The number of amides is 1. The molecule has 0 aliphatic carbocycles. The van der Waals surface area contributed by atoms with Crippen LogP contribution in [0.1, 0.15) is 29.7 Å². The molecule has 2 atom stereocenters. The van der Waals surface area contributed by atoms with Gasteiger partial charge in [-0.3, -0.25) is 4.90 Å². The first-order chi connectivity index (χ1) is 20.6. The predicted octanol–water partition coefficient (Wildman–Crippen LogP) is 6.42. The maximum atomic E-state index is 13.3. The van der Waals surface area contributed by atoms with Crippen LogP contribution in [-0.2, 0) is 27.1 Å². The molecule has 0 radical (unpaired) electrons. The molecule has 1 aliphatic rings. The van der Waals surface area contributed by atoms with Crippen LogP contribution in [0.3, 0.4) is 0 Å². The second-order valence-electron chi connectivity index (χ2n) is 9.87. The lowest BCUT2D eigenvalue weighted by Gasteiger charge is -2.37. The first kappa shape index (κ1) is 30.1. The van der Waals surface area contributed by atoms with E-state index in [1.54, 1.807) is 25.1 Å². The number of likely N-dealkylation sites (tertiary alicyclic amines) is 1. The Bertz CT molecular complexity index is 1630. The van der Waals surface area contributed by atoms with E-state index in [-0.39, 0.29) is 30.3 Å². The van der Waals surface area contributed by atoms with E-state index in [0.717, 1.165) is 22.3 Å². The van der Waals surface area contributed by atoms with Gasteiger partial charge in [0.2, 0.25) is 0 Å². The molecule has 1 aliphatic heterocycles. The number of carbonyl (C=O) groups excluding carboxylic acids is 2. The summed E-state index contributed by atoms with van der Waals surface area (Å²) in [5, 5.41) is 1.62. The van der Waals surface area contributed by atoms with Crippen molar-refractivity contribution < 1.29 is 41.7 Å². The average molecular weight is 616 g/mol. The van der Waals surface area contributed by atoms with Gasteiger partial charge in [0.1, 0.15) is 41.0 Å². The Balaban J connectivity index is 1.43. The zero-order valence-corrected chi connectivity index (χ0v) is 24.3. The van der Waals surface area contributed by atoms with Gasteiger partial charge >= 0.3 is 18.2 Å². The van der Waals surface area contributed by atoms with E-state index in [2.05, 4.69) is 9.97 Å². The van der Waals surface area contributed by atoms with Crippen LogP contribution in [0.15, 0.2) is 53.9 Å². The molecule has 13 heteroatoms. The second kappa shape index (κ2) is 12.5. The van der Waals surface area contributed by atoms with Crippen molar-refractivity contribution in [2.75, 3.05) is 20.8 Å². The largest absolute Gasteiger partial charge is 0.496 e. The third kappa shape index (κ3) is 6.51. The third-order valence-corrected chi connectivity index (χ3v) is 8.01. The van der Waals surface area contributed by atoms with Crippen LogP contribution in [-0.4, -0.2) is 59.8 Å². The molecule has 2 aromatic carbocycles. The van der Waals surface area contributed by atoms with E-state index in [9.17, 15) is 22.8 Å². The minimum atomic E-state index is -4.59. The molecular formula is C30H28F3N3O6S. The van der Waals surface area contributed by atoms with Crippen molar-refractivity contribution in [3.63, 3.8) is 0 Å². The highest BCUT2D eigenvalue weighted by atomic mass is 32.1. The number of ether oxygens (including phenoxy) is 4. The Morgan fingerprint density at radius 2 is 1.84 bits per heavy atom. The number of nitrogens with zero attached hydrogens (tertiary/aromatic N) is 3. The van der Waals surface area contributed by atoms with Gasteiger partial charge in [-0.15, -0.1) is 11.3 Å². The maximum absolute atomic E-state index is 13.3.